The third-order valence-corrected chi connectivity index (χ3v) is 7.04. The molecule has 174 valence electrons. The number of hydrogen-bond donors (Lipinski definition) is 0. The molecule has 0 unspecified atom stereocenters. The van der Waals surface area contributed by atoms with E-state index < -0.39 is 40.2 Å². The van der Waals surface area contributed by atoms with E-state index in [4.69, 9.17) is 0 Å². The molecule has 2 saturated heterocycles. The molecule has 0 N–H and O–H groups in total. The summed E-state index contributed by atoms with van der Waals surface area (Å²) in [6.45, 7) is 7.37. The van der Waals surface area contributed by atoms with Crippen molar-refractivity contribution in [2.45, 2.75) is 45.3 Å². The number of nitro groups is 1. The summed E-state index contributed by atoms with van der Waals surface area (Å²) in [7, 11) is 0. The maximum atomic E-state index is 14.0. The fourth-order valence-corrected chi connectivity index (χ4v) is 5.70. The van der Waals surface area contributed by atoms with Crippen LogP contribution in [-0.2, 0) is 9.59 Å². The Morgan fingerprint density at radius 3 is 2.35 bits per heavy atom. The molecule has 4 atom stereocenters. The molecule has 0 saturated carbocycles. The highest BCUT2D eigenvalue weighted by Gasteiger charge is 2.65. The highest BCUT2D eigenvalue weighted by Crippen LogP contribution is 2.51. The Labute approximate surface area is 197 Å². The number of nitro benzene ring substituents is 1. The molecule has 34 heavy (non-hydrogen) atoms. The minimum absolute atomic E-state index is 0.150. The van der Waals surface area contributed by atoms with Gasteiger partial charge in [0.1, 0.15) is 6.04 Å². The van der Waals surface area contributed by atoms with Gasteiger partial charge in [0, 0.05) is 34.5 Å². The average molecular weight is 460 g/mol. The largest absolute Gasteiger partial charge is 0.352 e. The van der Waals surface area contributed by atoms with Crippen LogP contribution < -0.4 is 4.90 Å². The van der Waals surface area contributed by atoms with Crippen LogP contribution in [0.2, 0.25) is 0 Å². The van der Waals surface area contributed by atoms with Crippen molar-refractivity contribution in [2.24, 2.45) is 11.8 Å². The molecule has 0 aliphatic carbocycles. The lowest BCUT2D eigenvalue weighted by molar-refractivity contribution is -0.384. The van der Waals surface area contributed by atoms with Gasteiger partial charge in [-0.2, -0.15) is 0 Å². The molecule has 0 bridgehead atoms. The first-order chi connectivity index (χ1) is 16.0. The van der Waals surface area contributed by atoms with Gasteiger partial charge in [0.15, 0.2) is 5.78 Å². The molecule has 2 aromatic rings. The van der Waals surface area contributed by atoms with Crippen molar-refractivity contribution < 1.29 is 19.3 Å². The zero-order valence-corrected chi connectivity index (χ0v) is 19.4. The first-order valence-corrected chi connectivity index (χ1v) is 11.2. The number of non-ortho nitro benzene ring substituents is 1. The topological polar surface area (TPSA) is 101 Å². The Bertz CT molecular complexity index is 1290. The van der Waals surface area contributed by atoms with Gasteiger partial charge in [0.05, 0.1) is 22.8 Å². The monoisotopic (exact) mass is 459 g/mol. The normalized spacial score (nSPS) is 25.6. The van der Waals surface area contributed by atoms with Gasteiger partial charge in [-0.05, 0) is 39.3 Å². The number of imide groups is 1. The molecule has 3 aliphatic rings. The van der Waals surface area contributed by atoms with Crippen LogP contribution in [0.5, 0.6) is 0 Å². The summed E-state index contributed by atoms with van der Waals surface area (Å²) in [5.41, 5.74) is 1.92. The van der Waals surface area contributed by atoms with E-state index in [2.05, 4.69) is 0 Å². The summed E-state index contributed by atoms with van der Waals surface area (Å²) in [5.74, 6) is -2.64. The molecule has 0 radical (unpaired) electrons. The number of hydrogen-bond acceptors (Lipinski definition) is 6. The summed E-state index contributed by atoms with van der Waals surface area (Å²) in [4.78, 5) is 55.2. The van der Waals surface area contributed by atoms with E-state index in [1.807, 2.05) is 42.2 Å². The molecule has 3 heterocycles. The maximum Gasteiger partial charge on any atom is 0.270 e. The van der Waals surface area contributed by atoms with E-state index in [0.29, 0.717) is 0 Å². The van der Waals surface area contributed by atoms with Crippen LogP contribution in [0.25, 0.3) is 5.57 Å². The van der Waals surface area contributed by atoms with Crippen molar-refractivity contribution in [2.75, 3.05) is 4.90 Å². The highest BCUT2D eigenvalue weighted by atomic mass is 16.6. The summed E-state index contributed by atoms with van der Waals surface area (Å²) < 4.78 is 0. The number of nitrogens with zero attached hydrogens (tertiary/aromatic N) is 3. The van der Waals surface area contributed by atoms with Crippen LogP contribution in [0.4, 0.5) is 11.4 Å². The number of allylic oxidation sites excluding steroid dienone is 1. The minimum Gasteiger partial charge on any atom is -0.352 e. The lowest BCUT2D eigenvalue weighted by Crippen LogP contribution is -2.52. The number of likely N-dealkylation sites (tertiary alicyclic amines) is 1. The van der Waals surface area contributed by atoms with Crippen LogP contribution in [0.15, 0.2) is 54.6 Å². The molecule has 2 fully saturated rings. The fourth-order valence-electron chi connectivity index (χ4n) is 5.70. The smallest absolute Gasteiger partial charge is 0.270 e. The number of ketones is 1. The third kappa shape index (κ3) is 3.01. The molecule has 3 aliphatic heterocycles. The van der Waals surface area contributed by atoms with E-state index in [1.54, 1.807) is 20.8 Å². The third-order valence-electron chi connectivity index (χ3n) is 7.04. The van der Waals surface area contributed by atoms with Gasteiger partial charge in [-0.1, -0.05) is 36.4 Å². The molecule has 2 amide bonds. The van der Waals surface area contributed by atoms with Crippen molar-refractivity contribution in [3.05, 3.63) is 75.8 Å². The number of rotatable bonds is 3. The SMILES string of the molecule is CC1=C[C@H]2[C@H]3C(=O)N(C(C)(C)C)C(=O)[C@@H]3[C@H](C(=O)c3cccc([N+](=O)[O-])c3)N2c2ccccc21. The zero-order chi connectivity index (χ0) is 24.5. The van der Waals surface area contributed by atoms with Crippen molar-refractivity contribution in [1.82, 2.24) is 4.90 Å². The first kappa shape index (κ1) is 22.0. The van der Waals surface area contributed by atoms with Gasteiger partial charge in [-0.15, -0.1) is 0 Å². The Morgan fingerprint density at radius 2 is 1.68 bits per heavy atom. The summed E-state index contributed by atoms with van der Waals surface area (Å²) in [6, 6.07) is 11.8. The average Bonchev–Trinajstić information content (AvgIpc) is 3.26. The van der Waals surface area contributed by atoms with E-state index in [0.717, 1.165) is 16.8 Å². The summed E-state index contributed by atoms with van der Waals surface area (Å²) >= 11 is 0. The summed E-state index contributed by atoms with van der Waals surface area (Å²) in [5, 5.41) is 11.3. The van der Waals surface area contributed by atoms with Gasteiger partial charge < -0.3 is 4.90 Å². The number of carbonyl (C=O) groups excluding carboxylic acids is 3. The van der Waals surface area contributed by atoms with Crippen LogP contribution in [-0.4, -0.2) is 45.0 Å². The molecule has 0 aromatic heterocycles. The predicted molar refractivity (Wildman–Crippen MR) is 126 cm³/mol. The second-order valence-electron chi connectivity index (χ2n) is 10.1. The van der Waals surface area contributed by atoms with Gasteiger partial charge in [-0.3, -0.25) is 29.4 Å². The lowest BCUT2D eigenvalue weighted by atomic mass is 9.85. The van der Waals surface area contributed by atoms with Crippen LogP contribution in [0.3, 0.4) is 0 Å². The van der Waals surface area contributed by atoms with Gasteiger partial charge in [-0.25, -0.2) is 0 Å². The standard InChI is InChI=1S/C26H25N3O5/c1-14-12-19-20-21(25(32)28(24(20)31)26(2,3)4)22(27(19)18-11-6-5-10-17(14)18)23(30)15-8-7-9-16(13-15)29(33)34/h5-13,19-22H,1-4H3/t19-,20+,21-,22+/m0/s1. The van der Waals surface area contributed by atoms with Crippen molar-refractivity contribution in [1.29, 1.82) is 0 Å². The number of benzene rings is 2. The van der Waals surface area contributed by atoms with Crippen LogP contribution >= 0.6 is 0 Å². The maximum absolute atomic E-state index is 14.0. The first-order valence-electron chi connectivity index (χ1n) is 11.2. The van der Waals surface area contributed by atoms with Crippen molar-refractivity contribution in [3.63, 3.8) is 0 Å². The summed E-state index contributed by atoms with van der Waals surface area (Å²) in [6.07, 6.45) is 1.97. The fraction of sp³-hybridized carbons (Fsp3) is 0.346. The Morgan fingerprint density at radius 1 is 1.00 bits per heavy atom. The van der Waals surface area contributed by atoms with Gasteiger partial charge in [0.2, 0.25) is 11.8 Å². The number of carbonyl (C=O) groups is 3. The number of para-hydroxylation sites is 1. The molecule has 0 spiro atoms. The second kappa shape index (κ2) is 7.35. The molecule has 8 heteroatoms. The molecule has 2 aromatic carbocycles. The number of Topliss-reactive ketones (excluding diaryl/α,β-unsaturated/α-hetero) is 1. The predicted octanol–water partition coefficient (Wildman–Crippen LogP) is 3.85. The van der Waals surface area contributed by atoms with Crippen molar-refractivity contribution >= 4 is 34.5 Å². The van der Waals surface area contributed by atoms with Crippen LogP contribution in [0, 0.1) is 22.0 Å². The molecule has 8 nitrogen and oxygen atoms in total. The van der Waals surface area contributed by atoms with Gasteiger partial charge >= 0.3 is 0 Å². The molecular weight excluding hydrogens is 434 g/mol. The van der Waals surface area contributed by atoms with Gasteiger partial charge in [0.25, 0.3) is 5.69 Å². The van der Waals surface area contributed by atoms with Crippen molar-refractivity contribution in [3.8, 4) is 0 Å². The highest BCUT2D eigenvalue weighted by molar-refractivity contribution is 6.14. The number of amides is 2. The molecule has 5 rings (SSSR count). The van der Waals surface area contributed by atoms with E-state index in [-0.39, 0.29) is 23.1 Å². The van der Waals surface area contributed by atoms with E-state index in [9.17, 15) is 24.5 Å². The Kier molecular flexibility index (Phi) is 4.76. The Hall–Kier alpha value is -3.81. The molecular formula is C26H25N3O5. The number of anilines is 1. The second-order valence-corrected chi connectivity index (χ2v) is 10.1. The van der Waals surface area contributed by atoms with Crippen LogP contribution in [0.1, 0.15) is 43.6 Å². The lowest BCUT2D eigenvalue weighted by Gasteiger charge is -2.39. The van der Waals surface area contributed by atoms with E-state index >= 15 is 0 Å². The Balaban J connectivity index is 1.70. The zero-order valence-electron chi connectivity index (χ0n) is 19.4. The quantitative estimate of drug-likeness (QED) is 0.299. The minimum atomic E-state index is -0.952. The number of fused-ring (bicyclic) bond motifs is 5. The van der Waals surface area contributed by atoms with E-state index in [1.165, 1.54) is 29.2 Å².